The average molecular weight is 533 g/mol. The number of amides is 2. The molecule has 1 fully saturated rings. The number of hydrogen-bond donors (Lipinski definition) is 2. The van der Waals surface area contributed by atoms with Gasteiger partial charge in [-0.3, -0.25) is 9.59 Å². The fourth-order valence-electron chi connectivity index (χ4n) is 5.26. The number of rotatable bonds is 5. The third-order valence-electron chi connectivity index (χ3n) is 6.82. The van der Waals surface area contributed by atoms with E-state index in [1.807, 2.05) is 4.90 Å². The number of hydrogen-bond acceptors (Lipinski definition) is 6. The topological polar surface area (TPSA) is 98.8 Å². The molecule has 196 valence electrons. The highest BCUT2D eigenvalue weighted by Crippen LogP contribution is 2.45. The first-order chi connectivity index (χ1) is 16.7. The molecule has 0 atom stereocenters. The lowest BCUT2D eigenvalue weighted by Crippen LogP contribution is -2.55. The predicted octanol–water partition coefficient (Wildman–Crippen LogP) is 4.04. The van der Waals surface area contributed by atoms with Crippen LogP contribution in [0.1, 0.15) is 78.1 Å². The molecule has 10 heteroatoms. The molecule has 2 aliphatic rings. The molecule has 2 N–H and O–H groups in total. The van der Waals surface area contributed by atoms with Gasteiger partial charge in [-0.25, -0.2) is 12.7 Å². The summed E-state index contributed by atoms with van der Waals surface area (Å²) in [5.41, 5.74) is 1.37. The van der Waals surface area contributed by atoms with Crippen LogP contribution in [0.3, 0.4) is 0 Å². The van der Waals surface area contributed by atoms with Gasteiger partial charge in [0.05, 0.1) is 10.5 Å². The smallest absolute Gasteiger partial charge is 0.257 e. The number of nitrogens with one attached hydrogen (secondary N) is 2. The number of thiophene rings is 1. The van der Waals surface area contributed by atoms with Crippen molar-refractivity contribution in [3.05, 3.63) is 45.8 Å². The van der Waals surface area contributed by atoms with Gasteiger partial charge in [0.15, 0.2) is 0 Å². The summed E-state index contributed by atoms with van der Waals surface area (Å²) in [6, 6.07) is 5.86. The van der Waals surface area contributed by atoms with Crippen LogP contribution in [-0.2, 0) is 22.0 Å². The van der Waals surface area contributed by atoms with E-state index in [4.69, 9.17) is 0 Å². The first-order valence-corrected chi connectivity index (χ1v) is 14.6. The molecule has 36 heavy (non-hydrogen) atoms. The van der Waals surface area contributed by atoms with Gasteiger partial charge < -0.3 is 15.5 Å². The molecule has 3 heterocycles. The maximum absolute atomic E-state index is 13.8. The normalized spacial score (nSPS) is 19.1. The van der Waals surface area contributed by atoms with Crippen molar-refractivity contribution in [2.75, 3.05) is 32.5 Å². The van der Waals surface area contributed by atoms with E-state index in [0.717, 1.165) is 47.1 Å². The number of anilines is 1. The van der Waals surface area contributed by atoms with E-state index in [9.17, 15) is 18.0 Å². The number of fused-ring (bicyclic) bond motifs is 1. The fraction of sp³-hybridized carbons (Fsp3) is 0.538. The predicted molar refractivity (Wildman–Crippen MR) is 143 cm³/mol. The molecule has 2 aromatic rings. The number of nitrogens with zero attached hydrogens (tertiary/aromatic N) is 2. The molecule has 0 bridgehead atoms. The van der Waals surface area contributed by atoms with Crippen molar-refractivity contribution in [3.63, 3.8) is 0 Å². The molecule has 2 aliphatic heterocycles. The molecule has 0 aliphatic carbocycles. The van der Waals surface area contributed by atoms with Gasteiger partial charge in [0, 0.05) is 48.7 Å². The van der Waals surface area contributed by atoms with E-state index in [1.54, 1.807) is 0 Å². The van der Waals surface area contributed by atoms with E-state index >= 15 is 0 Å². The number of likely N-dealkylation sites (tertiary alicyclic amines) is 1. The minimum Gasteiger partial charge on any atom is -0.339 e. The van der Waals surface area contributed by atoms with E-state index in [-0.39, 0.29) is 27.8 Å². The van der Waals surface area contributed by atoms with Crippen LogP contribution < -0.4 is 10.6 Å². The van der Waals surface area contributed by atoms with Gasteiger partial charge >= 0.3 is 0 Å². The molecule has 0 spiro atoms. The van der Waals surface area contributed by atoms with Gasteiger partial charge in [0.25, 0.3) is 11.8 Å². The highest BCUT2D eigenvalue weighted by atomic mass is 32.2. The molecule has 1 aromatic carbocycles. The maximum atomic E-state index is 13.8. The van der Waals surface area contributed by atoms with Gasteiger partial charge in [0.2, 0.25) is 10.0 Å². The summed E-state index contributed by atoms with van der Waals surface area (Å²) in [5, 5.41) is 7.22. The Bertz CT molecular complexity index is 1270. The van der Waals surface area contributed by atoms with E-state index < -0.39 is 10.0 Å². The lowest BCUT2D eigenvalue weighted by atomic mass is 9.81. The second kappa shape index (κ2) is 9.55. The van der Waals surface area contributed by atoms with Gasteiger partial charge in [-0.1, -0.05) is 0 Å². The van der Waals surface area contributed by atoms with Crippen LogP contribution >= 0.6 is 11.3 Å². The molecule has 2 amide bonds. The highest BCUT2D eigenvalue weighted by Gasteiger charge is 2.42. The second-order valence-electron chi connectivity index (χ2n) is 11.0. The van der Waals surface area contributed by atoms with Crippen LogP contribution in [0, 0.1) is 0 Å². The summed E-state index contributed by atoms with van der Waals surface area (Å²) in [4.78, 5) is 30.1. The van der Waals surface area contributed by atoms with Crippen molar-refractivity contribution in [1.82, 2.24) is 14.5 Å². The third-order valence-corrected chi connectivity index (χ3v) is 10.1. The fourth-order valence-corrected chi connectivity index (χ4v) is 7.43. The number of benzene rings is 1. The molecule has 0 saturated carbocycles. The Morgan fingerprint density at radius 2 is 1.64 bits per heavy atom. The molecule has 8 nitrogen and oxygen atoms in total. The van der Waals surface area contributed by atoms with Crippen LogP contribution in [0.5, 0.6) is 0 Å². The number of piperidine rings is 1. The first kappa shape index (κ1) is 26.8. The van der Waals surface area contributed by atoms with Crippen LogP contribution in [-0.4, -0.2) is 62.2 Å². The Morgan fingerprint density at radius 3 is 2.22 bits per heavy atom. The van der Waals surface area contributed by atoms with Crippen LogP contribution in [0.15, 0.2) is 29.2 Å². The zero-order chi connectivity index (χ0) is 26.5. The zero-order valence-corrected chi connectivity index (χ0v) is 23.5. The van der Waals surface area contributed by atoms with Crippen LogP contribution in [0.2, 0.25) is 0 Å². The monoisotopic (exact) mass is 532 g/mol. The summed E-state index contributed by atoms with van der Waals surface area (Å²) in [5.74, 6) is -0.399. The molecule has 1 aromatic heterocycles. The summed E-state index contributed by atoms with van der Waals surface area (Å²) in [6.45, 7) is 9.92. The number of carbonyl (C=O) groups is 2. The van der Waals surface area contributed by atoms with Gasteiger partial charge in [-0.05, 0) is 83.2 Å². The number of sulfonamides is 1. The van der Waals surface area contributed by atoms with Crippen molar-refractivity contribution < 1.29 is 18.0 Å². The van der Waals surface area contributed by atoms with Gasteiger partial charge in [-0.2, -0.15) is 0 Å². The quantitative estimate of drug-likeness (QED) is 0.606. The van der Waals surface area contributed by atoms with Crippen LogP contribution in [0.25, 0.3) is 0 Å². The maximum Gasteiger partial charge on any atom is 0.257 e. The van der Waals surface area contributed by atoms with Crippen molar-refractivity contribution in [1.29, 1.82) is 0 Å². The Labute approximate surface area is 218 Å². The average Bonchev–Trinajstić information content (AvgIpc) is 3.16. The zero-order valence-electron chi connectivity index (χ0n) is 21.9. The highest BCUT2D eigenvalue weighted by molar-refractivity contribution is 7.89. The van der Waals surface area contributed by atoms with E-state index in [0.29, 0.717) is 22.5 Å². The Balaban J connectivity index is 1.71. The summed E-state index contributed by atoms with van der Waals surface area (Å²) in [7, 11) is -0.658. The minimum atomic E-state index is -3.59. The largest absolute Gasteiger partial charge is 0.339 e. The SMILES string of the molecule is CN(C)S(=O)(=O)c1ccc(C(=O)Nc2sc3c(c2C(=O)N2CCCCC2)CC(C)(C)NC3(C)C)cc1. The van der Waals surface area contributed by atoms with Crippen LogP contribution in [0.4, 0.5) is 5.00 Å². The third kappa shape index (κ3) is 5.09. The van der Waals surface area contributed by atoms with Gasteiger partial charge in [0.1, 0.15) is 5.00 Å². The molecule has 0 radical (unpaired) electrons. The Morgan fingerprint density at radius 1 is 1.03 bits per heavy atom. The molecule has 1 saturated heterocycles. The summed E-state index contributed by atoms with van der Waals surface area (Å²) >= 11 is 1.45. The van der Waals surface area contributed by atoms with Crippen molar-refractivity contribution in [2.45, 2.75) is 69.4 Å². The Hall–Kier alpha value is -2.27. The standard InChI is InChI=1S/C26H36N4O4S2/c1-25(2)16-19-20(24(32)30-14-8-7-9-15-30)23(35-21(19)26(3,4)28-25)27-22(31)17-10-12-18(13-11-17)36(33,34)29(5)6/h10-13,28H,7-9,14-16H2,1-6H3,(H,27,31). The van der Waals surface area contributed by atoms with E-state index in [2.05, 4.69) is 38.3 Å². The molecular formula is C26H36N4O4S2. The van der Waals surface area contributed by atoms with Crippen molar-refractivity contribution in [2.24, 2.45) is 0 Å². The minimum absolute atomic E-state index is 0.0246. The lowest BCUT2D eigenvalue weighted by Gasteiger charge is -2.42. The second-order valence-corrected chi connectivity index (χ2v) is 14.2. The summed E-state index contributed by atoms with van der Waals surface area (Å²) in [6.07, 6.45) is 3.78. The first-order valence-electron chi connectivity index (χ1n) is 12.3. The van der Waals surface area contributed by atoms with Gasteiger partial charge in [-0.15, -0.1) is 11.3 Å². The van der Waals surface area contributed by atoms with Crippen molar-refractivity contribution in [3.8, 4) is 0 Å². The van der Waals surface area contributed by atoms with E-state index in [1.165, 1.54) is 49.7 Å². The Kier molecular flexibility index (Phi) is 7.11. The number of carbonyl (C=O) groups excluding carboxylic acids is 2. The molecule has 0 unspecified atom stereocenters. The lowest BCUT2D eigenvalue weighted by molar-refractivity contribution is 0.0723. The molecular weight excluding hydrogens is 496 g/mol. The van der Waals surface area contributed by atoms with Crippen molar-refractivity contribution >= 4 is 38.2 Å². The summed E-state index contributed by atoms with van der Waals surface area (Å²) < 4.78 is 25.9. The molecule has 4 rings (SSSR count).